The maximum Gasteiger partial charge on any atom is 0.306 e. The van der Waals surface area contributed by atoms with E-state index < -0.39 is 0 Å². The number of esters is 1. The van der Waals surface area contributed by atoms with E-state index in [-0.39, 0.29) is 12.1 Å². The van der Waals surface area contributed by atoms with Crippen LogP contribution in [0.15, 0.2) is 35.6 Å². The largest absolute Gasteiger partial charge is 0.462 e. The Morgan fingerprint density at radius 2 is 1.67 bits per heavy atom. The number of hydrogen-bond acceptors (Lipinski definition) is 4. The third-order valence-corrected chi connectivity index (χ3v) is 14.1. The smallest absolute Gasteiger partial charge is 0.306 e. The van der Waals surface area contributed by atoms with Gasteiger partial charge in [0.1, 0.15) is 11.9 Å². The Bertz CT molecular complexity index is 1090. The average Bonchev–Trinajstić information content (AvgIpc) is 3.43. The van der Waals surface area contributed by atoms with Crippen molar-refractivity contribution in [1.82, 2.24) is 0 Å². The quantitative estimate of drug-likeness (QED) is 0.0327. The summed E-state index contributed by atoms with van der Waals surface area (Å²) in [6.45, 7) is 14.8. The minimum absolute atomic E-state index is 0.00233. The zero-order valence-corrected chi connectivity index (χ0v) is 32.8. The lowest BCUT2D eigenvalue weighted by atomic mass is 9.47. The van der Waals surface area contributed by atoms with Crippen LogP contribution in [0, 0.1) is 46.3 Å². The summed E-state index contributed by atoms with van der Waals surface area (Å²) in [5.41, 5.74) is 2.45. The number of rotatable bonds is 21. The van der Waals surface area contributed by atoms with Gasteiger partial charge in [0.25, 0.3) is 0 Å². The van der Waals surface area contributed by atoms with Crippen LogP contribution in [-0.4, -0.2) is 17.3 Å². The molecule has 4 aliphatic carbocycles. The third kappa shape index (κ3) is 11.0. The molecule has 0 unspecified atom stereocenters. The second-order valence-electron chi connectivity index (χ2n) is 17.9. The summed E-state index contributed by atoms with van der Waals surface area (Å²) >= 11 is 0. The number of carbonyl (C=O) groups is 1. The summed E-state index contributed by atoms with van der Waals surface area (Å²) < 4.78 is 6.10. The highest BCUT2D eigenvalue weighted by molar-refractivity contribution is 5.69. The standard InChI is InChI=1S/C45H76O4/c1-7-8-9-10-11-13-16-22-37(49-47)23-17-14-12-15-18-24-43(46)48-38-29-31-44(5)36(33-38)25-26-39-41-28-27-40(35(4)21-19-20-34(2)3)45(41,6)32-30-42(39)44/h11,13,22,25,34-35,38-42,47H,7-10,12,14-21,23-24,26-33H2,1-6H3/b13-11-,37-22+/t35-,38+,39+,40-,41+,42+,44+,45-/m1/s1. The molecule has 49 heavy (non-hydrogen) atoms. The highest BCUT2D eigenvalue weighted by atomic mass is 17.1. The van der Waals surface area contributed by atoms with Gasteiger partial charge in [-0.25, -0.2) is 5.26 Å². The van der Waals surface area contributed by atoms with Crippen molar-refractivity contribution in [2.24, 2.45) is 46.3 Å². The van der Waals surface area contributed by atoms with Gasteiger partial charge in [-0.1, -0.05) is 117 Å². The van der Waals surface area contributed by atoms with Crippen molar-refractivity contribution in [3.05, 3.63) is 35.6 Å². The molecule has 0 aromatic rings. The lowest BCUT2D eigenvalue weighted by Gasteiger charge is -2.58. The first-order valence-corrected chi connectivity index (χ1v) is 21.2. The SMILES string of the molecule is CCCCC/C=C\C/C=C(\CCCCCCCC(=O)O[C@H]1CC[C@@]2(C)C(=CC[C@H]3[C@@H]4CC[C@H]([C@H](C)CCCC(C)C)[C@@]4(C)CC[C@@H]32)C1)OO. The Kier molecular flexibility index (Phi) is 16.3. The monoisotopic (exact) mass is 681 g/mol. The van der Waals surface area contributed by atoms with E-state index in [9.17, 15) is 10.1 Å². The van der Waals surface area contributed by atoms with E-state index in [4.69, 9.17) is 4.74 Å². The summed E-state index contributed by atoms with van der Waals surface area (Å²) in [4.78, 5) is 17.4. The van der Waals surface area contributed by atoms with Gasteiger partial charge in [-0.15, -0.1) is 0 Å². The molecule has 0 bridgehead atoms. The van der Waals surface area contributed by atoms with Gasteiger partial charge in [-0.2, -0.15) is 0 Å². The molecule has 1 N–H and O–H groups in total. The minimum Gasteiger partial charge on any atom is -0.462 e. The fraction of sp³-hybridized carbons (Fsp3) is 0.844. The lowest BCUT2D eigenvalue weighted by molar-refractivity contribution is -0.206. The Morgan fingerprint density at radius 3 is 2.43 bits per heavy atom. The molecule has 0 saturated heterocycles. The molecule has 0 aromatic carbocycles. The topological polar surface area (TPSA) is 55.8 Å². The van der Waals surface area contributed by atoms with Crippen LogP contribution in [0.25, 0.3) is 0 Å². The van der Waals surface area contributed by atoms with E-state index in [0.717, 1.165) is 99.7 Å². The third-order valence-electron chi connectivity index (χ3n) is 14.1. The van der Waals surface area contributed by atoms with Crippen molar-refractivity contribution in [1.29, 1.82) is 0 Å². The van der Waals surface area contributed by atoms with E-state index in [1.807, 2.05) is 6.08 Å². The van der Waals surface area contributed by atoms with Gasteiger partial charge in [0.2, 0.25) is 0 Å². The van der Waals surface area contributed by atoms with E-state index >= 15 is 0 Å². The fourth-order valence-electron chi connectivity index (χ4n) is 11.2. The first kappa shape index (κ1) is 40.2. The molecule has 3 fully saturated rings. The van der Waals surface area contributed by atoms with E-state index in [1.54, 1.807) is 5.57 Å². The van der Waals surface area contributed by atoms with Gasteiger partial charge >= 0.3 is 5.97 Å². The van der Waals surface area contributed by atoms with Crippen LogP contribution < -0.4 is 0 Å². The molecule has 0 aliphatic heterocycles. The number of ether oxygens (including phenoxy) is 1. The molecule has 0 heterocycles. The number of allylic oxidation sites excluding steroid dienone is 5. The van der Waals surface area contributed by atoms with E-state index in [2.05, 4.69) is 64.7 Å². The number of fused-ring (bicyclic) bond motifs is 5. The first-order chi connectivity index (χ1) is 23.6. The van der Waals surface area contributed by atoms with Gasteiger partial charge in [-0.3, -0.25) is 4.79 Å². The molecule has 8 atom stereocenters. The summed E-state index contributed by atoms with van der Waals surface area (Å²) in [5.74, 6) is 5.81. The molecular formula is C45H76O4. The molecule has 0 radical (unpaired) electrons. The van der Waals surface area contributed by atoms with Crippen LogP contribution in [0.1, 0.15) is 189 Å². The molecule has 0 amide bonds. The Morgan fingerprint density at radius 1 is 0.898 bits per heavy atom. The van der Waals surface area contributed by atoms with Gasteiger partial charge < -0.3 is 9.62 Å². The van der Waals surface area contributed by atoms with Crippen molar-refractivity contribution in [3.63, 3.8) is 0 Å². The summed E-state index contributed by atoms with van der Waals surface area (Å²) in [6, 6.07) is 0. The van der Waals surface area contributed by atoms with Crippen molar-refractivity contribution >= 4 is 5.97 Å². The number of carbonyl (C=O) groups excluding carboxylic acids is 1. The van der Waals surface area contributed by atoms with Crippen LogP contribution in [0.5, 0.6) is 0 Å². The normalized spacial score (nSPS) is 32.0. The summed E-state index contributed by atoms with van der Waals surface area (Å²) in [6.07, 6.45) is 35.5. The zero-order chi connectivity index (χ0) is 35.3. The van der Waals surface area contributed by atoms with Gasteiger partial charge in [0, 0.05) is 19.3 Å². The van der Waals surface area contributed by atoms with Crippen molar-refractivity contribution in [2.75, 3.05) is 0 Å². The molecule has 3 saturated carbocycles. The van der Waals surface area contributed by atoms with E-state index in [1.165, 1.54) is 77.0 Å². The number of unbranched alkanes of at least 4 members (excludes halogenated alkanes) is 7. The van der Waals surface area contributed by atoms with Gasteiger partial charge in [0.05, 0.1) is 0 Å². The average molecular weight is 681 g/mol. The maximum absolute atomic E-state index is 12.8. The zero-order valence-electron chi connectivity index (χ0n) is 32.8. The first-order valence-electron chi connectivity index (χ1n) is 21.2. The summed E-state index contributed by atoms with van der Waals surface area (Å²) in [5, 5.41) is 9.22. The van der Waals surface area contributed by atoms with Crippen LogP contribution in [0.4, 0.5) is 0 Å². The summed E-state index contributed by atoms with van der Waals surface area (Å²) in [7, 11) is 0. The Labute approximate surface area is 302 Å². The molecule has 0 aromatic heterocycles. The van der Waals surface area contributed by atoms with Crippen molar-refractivity contribution in [2.45, 2.75) is 195 Å². The Balaban J connectivity index is 1.14. The maximum atomic E-state index is 12.8. The minimum atomic E-state index is -0.00233. The van der Waals surface area contributed by atoms with Crippen LogP contribution in [0.2, 0.25) is 0 Å². The highest BCUT2D eigenvalue weighted by Gasteiger charge is 2.59. The molecule has 280 valence electrons. The number of hydrogen-bond donors (Lipinski definition) is 1. The molecular weight excluding hydrogens is 604 g/mol. The second kappa shape index (κ2) is 19.9. The molecule has 4 aliphatic rings. The van der Waals surface area contributed by atoms with Gasteiger partial charge in [0.15, 0.2) is 0 Å². The second-order valence-corrected chi connectivity index (χ2v) is 17.9. The molecule has 4 nitrogen and oxygen atoms in total. The fourth-order valence-corrected chi connectivity index (χ4v) is 11.2. The molecule has 0 spiro atoms. The lowest BCUT2D eigenvalue weighted by Crippen LogP contribution is -2.51. The van der Waals surface area contributed by atoms with E-state index in [0.29, 0.717) is 23.0 Å². The van der Waals surface area contributed by atoms with Crippen LogP contribution in [0.3, 0.4) is 0 Å². The predicted octanol–water partition coefficient (Wildman–Crippen LogP) is 13.6. The van der Waals surface area contributed by atoms with Crippen LogP contribution >= 0.6 is 0 Å². The highest BCUT2D eigenvalue weighted by Crippen LogP contribution is 2.67. The predicted molar refractivity (Wildman–Crippen MR) is 205 cm³/mol. The van der Waals surface area contributed by atoms with Crippen molar-refractivity contribution in [3.8, 4) is 0 Å². The Hall–Kier alpha value is -1.55. The molecule has 4 heteroatoms. The van der Waals surface area contributed by atoms with Crippen LogP contribution in [-0.2, 0) is 14.4 Å². The molecule has 4 rings (SSSR count). The van der Waals surface area contributed by atoms with Crippen molar-refractivity contribution < 1.29 is 19.7 Å². The van der Waals surface area contributed by atoms with Gasteiger partial charge in [-0.05, 0) is 129 Å².